The van der Waals surface area contributed by atoms with Gasteiger partial charge in [-0.3, -0.25) is 4.79 Å². The van der Waals surface area contributed by atoms with Crippen LogP contribution in [0.5, 0.6) is 5.75 Å². The van der Waals surface area contributed by atoms with E-state index in [1.165, 1.54) is 13.2 Å². The largest absolute Gasteiger partial charge is 1.00 e. The maximum absolute atomic E-state index is 13.7. The van der Waals surface area contributed by atoms with Crippen LogP contribution in [-0.2, 0) is 11.2 Å². The second kappa shape index (κ2) is 11.3. The van der Waals surface area contributed by atoms with Gasteiger partial charge in [0.15, 0.2) is 5.78 Å². The first-order chi connectivity index (χ1) is 16.4. The van der Waals surface area contributed by atoms with Crippen LogP contribution in [0.4, 0.5) is 5.69 Å². The number of carboxylic acids is 1. The van der Waals surface area contributed by atoms with E-state index < -0.39 is 11.8 Å². The van der Waals surface area contributed by atoms with Gasteiger partial charge in [-0.1, -0.05) is 18.2 Å². The van der Waals surface area contributed by atoms with Crippen molar-refractivity contribution in [3.05, 3.63) is 89.0 Å². The van der Waals surface area contributed by atoms with Crippen molar-refractivity contribution in [2.45, 2.75) is 6.42 Å². The number of carbonyl (C=O) groups is 2. The minimum Gasteiger partial charge on any atom is -0.545 e. The number of hydrogen-bond acceptors (Lipinski definition) is 8. The summed E-state index contributed by atoms with van der Waals surface area (Å²) < 4.78 is 9.90. The van der Waals surface area contributed by atoms with Crippen LogP contribution >= 0.6 is 0 Å². The molecule has 0 aliphatic heterocycles. The molecule has 172 valence electrons. The van der Waals surface area contributed by atoms with Gasteiger partial charge in [0.25, 0.3) is 0 Å². The zero-order chi connectivity index (χ0) is 24.2. The first-order valence-electron chi connectivity index (χ1n) is 10.5. The minimum absolute atomic E-state index is 0. The molecule has 3 aromatic carbocycles. The van der Waals surface area contributed by atoms with Gasteiger partial charge in [-0.2, -0.15) is 0 Å². The average molecular weight is 479 g/mol. The van der Waals surface area contributed by atoms with E-state index in [4.69, 9.17) is 9.37 Å². The number of benzene rings is 3. The summed E-state index contributed by atoms with van der Waals surface area (Å²) in [7, 11) is 5.35. The van der Waals surface area contributed by atoms with Crippen LogP contribution in [0.15, 0.2) is 76.9 Å². The Kier molecular flexibility index (Phi) is 8.45. The molecule has 4 rings (SSSR count). The van der Waals surface area contributed by atoms with E-state index >= 15 is 0 Å². The monoisotopic (exact) mass is 479 g/mol. The second-order valence-corrected chi connectivity index (χ2v) is 7.91. The molecular formula is C26H22N3NaO5. The predicted molar refractivity (Wildman–Crippen MR) is 126 cm³/mol. The molecule has 0 radical (unpaired) electrons. The second-order valence-electron chi connectivity index (χ2n) is 7.91. The maximum atomic E-state index is 13.7. The van der Waals surface area contributed by atoms with Crippen molar-refractivity contribution in [1.82, 2.24) is 10.3 Å². The maximum Gasteiger partial charge on any atom is 1.00 e. The topological polar surface area (TPSA) is 109 Å². The number of Topliss-reactive ketones (excluding diaryl/α,β-unsaturated/α-hetero) is 1. The molecule has 0 aliphatic rings. The quantitative estimate of drug-likeness (QED) is 0.196. The molecule has 9 heteroatoms. The number of carboxylic acid groups (broad SMARTS) is 1. The molecular weight excluding hydrogens is 457 g/mol. The Hall–Kier alpha value is -3.46. The number of ketones is 1. The molecule has 0 N–H and O–H groups in total. The van der Waals surface area contributed by atoms with Gasteiger partial charge in [0.1, 0.15) is 16.8 Å². The summed E-state index contributed by atoms with van der Waals surface area (Å²) in [6.45, 7) is 0. The third-order valence-corrected chi connectivity index (χ3v) is 5.48. The van der Waals surface area contributed by atoms with Crippen molar-refractivity contribution in [2.24, 2.45) is 0 Å². The number of fused-ring (bicyclic) bond motifs is 1. The molecule has 35 heavy (non-hydrogen) atoms. The van der Waals surface area contributed by atoms with Gasteiger partial charge in [0, 0.05) is 42.9 Å². The summed E-state index contributed by atoms with van der Waals surface area (Å²) in [6.07, 6.45) is 0.0883. The molecule has 0 spiro atoms. The SMILES string of the molecule is COc1ccc(C(=O)/C(Cc2cccc(N(C)C)c2)=C(/C(=O)[O-])c2ccc3nonc3c2)cc1.[Na+]. The smallest absolute Gasteiger partial charge is 0.545 e. The van der Waals surface area contributed by atoms with Crippen LogP contribution in [0.1, 0.15) is 21.5 Å². The molecule has 0 amide bonds. The van der Waals surface area contributed by atoms with Crippen LogP contribution in [-0.4, -0.2) is 43.3 Å². The van der Waals surface area contributed by atoms with E-state index in [0.29, 0.717) is 22.3 Å². The number of allylic oxidation sites excluding steroid dienone is 1. The Balaban J connectivity index is 0.00000342. The first kappa shape index (κ1) is 26.2. The minimum atomic E-state index is -1.46. The van der Waals surface area contributed by atoms with Crippen molar-refractivity contribution in [3.63, 3.8) is 0 Å². The average Bonchev–Trinajstić information content (AvgIpc) is 3.31. The Labute approximate surface area is 224 Å². The van der Waals surface area contributed by atoms with E-state index in [-0.39, 0.29) is 52.7 Å². The standard InChI is InChI=1S/C26H23N3O5.Na/c1-29(2)19-6-4-5-16(13-19)14-21(25(30)17-7-10-20(33-3)11-8-17)24(26(31)32)18-9-12-22-23(15-18)28-34-27-22;/h4-13,15H,14H2,1-3H3,(H,31,32);/q;+1/p-1/b24-21+;. The van der Waals surface area contributed by atoms with Crippen molar-refractivity contribution < 1.29 is 53.6 Å². The third kappa shape index (κ3) is 5.79. The summed E-state index contributed by atoms with van der Waals surface area (Å²) >= 11 is 0. The Morgan fingerprint density at radius 1 is 0.943 bits per heavy atom. The van der Waals surface area contributed by atoms with Gasteiger partial charge in [0.05, 0.1) is 13.1 Å². The van der Waals surface area contributed by atoms with Gasteiger partial charge in [-0.05, 0) is 70.0 Å². The fourth-order valence-corrected chi connectivity index (χ4v) is 3.70. The number of nitrogens with zero attached hydrogens (tertiary/aromatic N) is 3. The van der Waals surface area contributed by atoms with Gasteiger partial charge in [0.2, 0.25) is 0 Å². The predicted octanol–water partition coefficient (Wildman–Crippen LogP) is -0.0695. The van der Waals surface area contributed by atoms with Crippen LogP contribution in [0.2, 0.25) is 0 Å². The number of anilines is 1. The Bertz CT molecular complexity index is 1390. The first-order valence-corrected chi connectivity index (χ1v) is 10.5. The number of methoxy groups -OCH3 is 1. The number of carbonyl (C=O) groups excluding carboxylic acids is 2. The zero-order valence-corrected chi connectivity index (χ0v) is 21.9. The number of aromatic nitrogens is 2. The fraction of sp³-hybridized carbons (Fsp3) is 0.154. The van der Waals surface area contributed by atoms with Crippen LogP contribution in [0.3, 0.4) is 0 Å². The zero-order valence-electron chi connectivity index (χ0n) is 19.9. The van der Waals surface area contributed by atoms with Crippen LogP contribution < -0.4 is 44.3 Å². The third-order valence-electron chi connectivity index (χ3n) is 5.48. The van der Waals surface area contributed by atoms with Gasteiger partial charge in [-0.15, -0.1) is 0 Å². The van der Waals surface area contributed by atoms with E-state index in [1.54, 1.807) is 36.4 Å². The van der Waals surface area contributed by atoms with E-state index in [2.05, 4.69) is 10.3 Å². The molecule has 0 atom stereocenters. The van der Waals surface area contributed by atoms with Gasteiger partial charge < -0.3 is 19.5 Å². The number of rotatable bonds is 8. The molecule has 0 saturated heterocycles. The molecule has 0 fully saturated rings. The summed E-state index contributed by atoms with van der Waals surface area (Å²) in [5.74, 6) is -1.29. The molecule has 4 aromatic rings. The fourth-order valence-electron chi connectivity index (χ4n) is 3.70. The molecule has 1 heterocycles. The van der Waals surface area contributed by atoms with Gasteiger partial charge >= 0.3 is 29.6 Å². The molecule has 0 unspecified atom stereocenters. The summed E-state index contributed by atoms with van der Waals surface area (Å²) in [4.78, 5) is 28.0. The summed E-state index contributed by atoms with van der Waals surface area (Å²) in [5.41, 5.74) is 3.07. The van der Waals surface area contributed by atoms with E-state index in [1.807, 2.05) is 43.3 Å². The molecule has 8 nitrogen and oxygen atoms in total. The van der Waals surface area contributed by atoms with Crippen molar-refractivity contribution in [2.75, 3.05) is 26.1 Å². The normalized spacial score (nSPS) is 11.4. The number of hydrogen-bond donors (Lipinski definition) is 0. The summed E-state index contributed by atoms with van der Waals surface area (Å²) in [6, 6.07) is 18.8. The van der Waals surface area contributed by atoms with Gasteiger partial charge in [-0.25, -0.2) is 4.63 Å². The Morgan fingerprint density at radius 2 is 1.63 bits per heavy atom. The number of aliphatic carboxylic acids is 1. The molecule has 1 aromatic heterocycles. The van der Waals surface area contributed by atoms with Crippen molar-refractivity contribution in [3.8, 4) is 5.75 Å². The summed E-state index contributed by atoms with van der Waals surface area (Å²) in [5, 5.41) is 20.0. The van der Waals surface area contributed by atoms with Crippen LogP contribution in [0.25, 0.3) is 16.6 Å². The molecule has 0 aliphatic carbocycles. The molecule has 0 saturated carbocycles. The van der Waals surface area contributed by atoms with Crippen LogP contribution in [0, 0.1) is 0 Å². The Morgan fingerprint density at radius 3 is 2.29 bits per heavy atom. The number of ether oxygens (including phenoxy) is 1. The van der Waals surface area contributed by atoms with E-state index in [9.17, 15) is 14.7 Å². The van der Waals surface area contributed by atoms with E-state index in [0.717, 1.165) is 11.3 Å². The van der Waals surface area contributed by atoms with Crippen molar-refractivity contribution in [1.29, 1.82) is 0 Å². The molecule has 0 bridgehead atoms. The van der Waals surface area contributed by atoms with Crippen molar-refractivity contribution >= 4 is 34.0 Å².